The van der Waals surface area contributed by atoms with Crippen LogP contribution in [0.4, 0.5) is 0 Å². The summed E-state index contributed by atoms with van der Waals surface area (Å²) in [6, 6.07) is 33.5. The minimum atomic E-state index is 0.842. The van der Waals surface area contributed by atoms with Crippen LogP contribution in [0.2, 0.25) is 0 Å². The van der Waals surface area contributed by atoms with E-state index < -0.39 is 0 Å². The predicted molar refractivity (Wildman–Crippen MR) is 113 cm³/mol. The average molecular weight is 350 g/mol. The maximum Gasteiger partial charge on any atom is 0.127 e. The van der Waals surface area contributed by atoms with Crippen molar-refractivity contribution in [3.63, 3.8) is 0 Å². The highest BCUT2D eigenvalue weighted by Crippen LogP contribution is 2.28. The maximum atomic E-state index is 6.01. The van der Waals surface area contributed by atoms with Gasteiger partial charge >= 0.3 is 0 Å². The summed E-state index contributed by atoms with van der Waals surface area (Å²) < 4.78 is 6.01. The van der Waals surface area contributed by atoms with Gasteiger partial charge in [-0.3, -0.25) is 0 Å². The van der Waals surface area contributed by atoms with E-state index in [0.717, 1.165) is 11.5 Å². The standard InChI is InChI=1S/C26H22O/c1-19-5-3-7-23(17-19)21-9-13-25(14-10-21)27-26-15-11-22(12-16-26)24-8-4-6-20(2)18-24/h3-18H,1-2H3. The Kier molecular flexibility index (Phi) is 4.76. The molecule has 0 aliphatic rings. The normalized spacial score (nSPS) is 10.6. The quantitative estimate of drug-likeness (QED) is 0.372. The van der Waals surface area contributed by atoms with Gasteiger partial charge in [0.2, 0.25) is 0 Å². The molecule has 0 aliphatic heterocycles. The molecule has 27 heavy (non-hydrogen) atoms. The first-order chi connectivity index (χ1) is 13.2. The van der Waals surface area contributed by atoms with Crippen LogP contribution in [-0.2, 0) is 0 Å². The molecule has 0 saturated carbocycles. The molecule has 132 valence electrons. The Morgan fingerprint density at radius 2 is 0.852 bits per heavy atom. The zero-order valence-corrected chi connectivity index (χ0v) is 15.6. The molecule has 4 aromatic rings. The summed E-state index contributed by atoms with van der Waals surface area (Å²) in [6.45, 7) is 4.22. The monoisotopic (exact) mass is 350 g/mol. The molecule has 0 N–H and O–H groups in total. The van der Waals surface area contributed by atoms with Gasteiger partial charge in [-0.2, -0.15) is 0 Å². The van der Waals surface area contributed by atoms with Crippen molar-refractivity contribution in [3.8, 4) is 33.8 Å². The van der Waals surface area contributed by atoms with Crippen molar-refractivity contribution in [2.24, 2.45) is 0 Å². The second kappa shape index (κ2) is 7.51. The van der Waals surface area contributed by atoms with Gasteiger partial charge in [0.15, 0.2) is 0 Å². The molecule has 0 unspecified atom stereocenters. The highest BCUT2D eigenvalue weighted by Gasteiger charge is 2.02. The topological polar surface area (TPSA) is 9.23 Å². The summed E-state index contributed by atoms with van der Waals surface area (Å²) in [5.74, 6) is 1.68. The van der Waals surface area contributed by atoms with Gasteiger partial charge in [0.25, 0.3) is 0 Å². The van der Waals surface area contributed by atoms with Gasteiger partial charge in [0.05, 0.1) is 0 Å². The summed E-state index contributed by atoms with van der Waals surface area (Å²) >= 11 is 0. The predicted octanol–water partition coefficient (Wildman–Crippen LogP) is 7.43. The fourth-order valence-electron chi connectivity index (χ4n) is 3.22. The molecule has 0 aromatic heterocycles. The van der Waals surface area contributed by atoms with Crippen molar-refractivity contribution in [1.82, 2.24) is 0 Å². The largest absolute Gasteiger partial charge is 0.457 e. The van der Waals surface area contributed by atoms with E-state index in [1.165, 1.54) is 33.4 Å². The molecule has 0 atom stereocenters. The molecule has 1 heteroatoms. The molecular formula is C26H22O. The van der Waals surface area contributed by atoms with E-state index in [9.17, 15) is 0 Å². The summed E-state index contributed by atoms with van der Waals surface area (Å²) in [5.41, 5.74) is 7.37. The van der Waals surface area contributed by atoms with Crippen molar-refractivity contribution >= 4 is 0 Å². The van der Waals surface area contributed by atoms with Gasteiger partial charge in [-0.25, -0.2) is 0 Å². The fraction of sp³-hybridized carbons (Fsp3) is 0.0769. The lowest BCUT2D eigenvalue weighted by atomic mass is 10.0. The molecule has 1 nitrogen and oxygen atoms in total. The summed E-state index contributed by atoms with van der Waals surface area (Å²) in [4.78, 5) is 0. The van der Waals surface area contributed by atoms with Crippen LogP contribution < -0.4 is 4.74 Å². The van der Waals surface area contributed by atoms with Crippen molar-refractivity contribution in [2.75, 3.05) is 0 Å². The maximum absolute atomic E-state index is 6.01. The van der Waals surface area contributed by atoms with E-state index in [4.69, 9.17) is 4.74 Å². The van der Waals surface area contributed by atoms with E-state index in [-0.39, 0.29) is 0 Å². The molecule has 0 heterocycles. The lowest BCUT2D eigenvalue weighted by Gasteiger charge is -2.09. The molecule has 0 saturated heterocycles. The van der Waals surface area contributed by atoms with Gasteiger partial charge in [-0.05, 0) is 60.4 Å². The number of ether oxygens (including phenoxy) is 1. The molecule has 4 aromatic carbocycles. The Balaban J connectivity index is 1.49. The highest BCUT2D eigenvalue weighted by molar-refractivity contribution is 5.66. The SMILES string of the molecule is Cc1cccc(-c2ccc(Oc3ccc(-c4cccc(C)c4)cc3)cc2)c1. The van der Waals surface area contributed by atoms with E-state index in [2.05, 4.69) is 86.6 Å². The zero-order valence-electron chi connectivity index (χ0n) is 15.6. The number of hydrogen-bond donors (Lipinski definition) is 0. The molecule has 0 spiro atoms. The summed E-state index contributed by atoms with van der Waals surface area (Å²) in [5, 5.41) is 0. The third-order valence-electron chi connectivity index (χ3n) is 4.65. The van der Waals surface area contributed by atoms with E-state index in [1.54, 1.807) is 0 Å². The van der Waals surface area contributed by atoms with Crippen LogP contribution in [0.5, 0.6) is 11.5 Å². The molecule has 0 amide bonds. The van der Waals surface area contributed by atoms with E-state index in [0.29, 0.717) is 0 Å². The molecule has 4 rings (SSSR count). The number of hydrogen-bond acceptors (Lipinski definition) is 1. The van der Waals surface area contributed by atoms with Crippen LogP contribution in [0.15, 0.2) is 97.1 Å². The Morgan fingerprint density at radius 1 is 0.444 bits per heavy atom. The zero-order chi connectivity index (χ0) is 18.6. The number of aryl methyl sites for hydroxylation is 2. The molecule has 0 fully saturated rings. The second-order valence-electron chi connectivity index (χ2n) is 6.89. The van der Waals surface area contributed by atoms with Crippen LogP contribution in [-0.4, -0.2) is 0 Å². The van der Waals surface area contributed by atoms with Crippen molar-refractivity contribution in [1.29, 1.82) is 0 Å². The summed E-state index contributed by atoms with van der Waals surface area (Å²) in [7, 11) is 0. The molecule has 0 aliphatic carbocycles. The lowest BCUT2D eigenvalue weighted by molar-refractivity contribution is 0.483. The average Bonchev–Trinajstić information content (AvgIpc) is 2.69. The van der Waals surface area contributed by atoms with Crippen LogP contribution >= 0.6 is 0 Å². The fourth-order valence-corrected chi connectivity index (χ4v) is 3.22. The molecular weight excluding hydrogens is 328 g/mol. The lowest BCUT2D eigenvalue weighted by Crippen LogP contribution is -1.86. The van der Waals surface area contributed by atoms with Crippen molar-refractivity contribution < 1.29 is 4.74 Å². The third kappa shape index (κ3) is 4.09. The van der Waals surface area contributed by atoms with E-state index in [1.807, 2.05) is 24.3 Å². The highest BCUT2D eigenvalue weighted by atomic mass is 16.5. The van der Waals surface area contributed by atoms with Crippen molar-refractivity contribution in [3.05, 3.63) is 108 Å². The Labute approximate surface area is 160 Å². The second-order valence-corrected chi connectivity index (χ2v) is 6.89. The van der Waals surface area contributed by atoms with Crippen LogP contribution in [0.3, 0.4) is 0 Å². The van der Waals surface area contributed by atoms with Gasteiger partial charge in [0.1, 0.15) is 11.5 Å². The first-order valence-electron chi connectivity index (χ1n) is 9.19. The molecule has 0 radical (unpaired) electrons. The summed E-state index contributed by atoms with van der Waals surface area (Å²) in [6.07, 6.45) is 0. The minimum Gasteiger partial charge on any atom is -0.457 e. The molecule has 0 bridgehead atoms. The van der Waals surface area contributed by atoms with Crippen LogP contribution in [0.25, 0.3) is 22.3 Å². The third-order valence-corrected chi connectivity index (χ3v) is 4.65. The minimum absolute atomic E-state index is 0.842. The van der Waals surface area contributed by atoms with Gasteiger partial charge < -0.3 is 4.74 Å². The first-order valence-corrected chi connectivity index (χ1v) is 9.19. The van der Waals surface area contributed by atoms with Gasteiger partial charge in [-0.15, -0.1) is 0 Å². The Hall–Kier alpha value is -3.32. The first kappa shape index (κ1) is 17.1. The smallest absolute Gasteiger partial charge is 0.127 e. The van der Waals surface area contributed by atoms with Crippen molar-refractivity contribution in [2.45, 2.75) is 13.8 Å². The van der Waals surface area contributed by atoms with Crippen LogP contribution in [0, 0.1) is 13.8 Å². The number of rotatable bonds is 4. The Morgan fingerprint density at radius 3 is 1.22 bits per heavy atom. The van der Waals surface area contributed by atoms with Gasteiger partial charge in [0, 0.05) is 0 Å². The Bertz CT molecular complexity index is 957. The number of benzene rings is 4. The van der Waals surface area contributed by atoms with E-state index >= 15 is 0 Å². The van der Waals surface area contributed by atoms with Crippen LogP contribution in [0.1, 0.15) is 11.1 Å². The van der Waals surface area contributed by atoms with Gasteiger partial charge in [-0.1, -0.05) is 83.9 Å².